The maximum atomic E-state index is 5.07. The van der Waals surface area contributed by atoms with E-state index in [1.165, 1.54) is 0 Å². The smallest absolute Gasteiger partial charge is 0.194 e. The topological polar surface area (TPSA) is 26.0 Å². The second-order valence-electron chi connectivity index (χ2n) is 2.34. The molecule has 1 aromatic heterocycles. The van der Waals surface area contributed by atoms with Gasteiger partial charge in [0, 0.05) is 6.42 Å². The molecule has 11 heavy (non-hydrogen) atoms. The minimum absolute atomic E-state index is 0.825. The van der Waals surface area contributed by atoms with Crippen LogP contribution < -0.4 is 0 Å². The van der Waals surface area contributed by atoms with Gasteiger partial charge in [-0.1, -0.05) is 19.1 Å². The second-order valence-corrected chi connectivity index (χ2v) is 2.34. The lowest BCUT2D eigenvalue weighted by Gasteiger charge is -1.87. The lowest BCUT2D eigenvalue weighted by Crippen LogP contribution is -1.80. The van der Waals surface area contributed by atoms with Gasteiger partial charge in [-0.15, -0.1) is 0 Å². The molecule has 0 N–H and O–H groups in total. The van der Waals surface area contributed by atoms with Crippen molar-refractivity contribution in [2.24, 2.45) is 0 Å². The summed E-state index contributed by atoms with van der Waals surface area (Å²) in [6.07, 6.45) is 10.6. The molecule has 0 aliphatic heterocycles. The lowest BCUT2D eigenvalue weighted by atomic mass is 10.3. The Bertz CT molecular complexity index is 201. The predicted molar refractivity (Wildman–Crippen MR) is 44.3 cm³/mol. The number of allylic oxidation sites excluding steroid dienone is 2. The summed E-state index contributed by atoms with van der Waals surface area (Å²) < 4.78 is 5.07. The van der Waals surface area contributed by atoms with Crippen LogP contribution in [-0.2, 0) is 6.42 Å². The Balaban J connectivity index is 2.19. The summed E-state index contributed by atoms with van der Waals surface area (Å²) >= 11 is 0. The first-order valence-electron chi connectivity index (χ1n) is 3.97. The van der Waals surface area contributed by atoms with Crippen LogP contribution in [0, 0.1) is 0 Å². The Hall–Kier alpha value is -1.05. The van der Waals surface area contributed by atoms with Gasteiger partial charge in [0.05, 0.1) is 6.20 Å². The van der Waals surface area contributed by atoms with Gasteiger partial charge in [0.1, 0.15) is 6.26 Å². The van der Waals surface area contributed by atoms with Gasteiger partial charge in [-0.05, 0) is 12.8 Å². The average Bonchev–Trinajstić information content (AvgIpc) is 2.50. The van der Waals surface area contributed by atoms with Gasteiger partial charge < -0.3 is 4.42 Å². The summed E-state index contributed by atoms with van der Waals surface area (Å²) in [6.45, 7) is 2.13. The first-order chi connectivity index (χ1) is 5.43. The molecule has 0 saturated carbocycles. The van der Waals surface area contributed by atoms with E-state index in [1.54, 1.807) is 12.5 Å². The summed E-state index contributed by atoms with van der Waals surface area (Å²) in [5.74, 6) is 0.825. The molecule has 0 spiro atoms. The Labute approximate surface area is 66.9 Å². The maximum absolute atomic E-state index is 5.07. The zero-order valence-corrected chi connectivity index (χ0v) is 6.79. The predicted octanol–water partition coefficient (Wildman–Crippen LogP) is 2.57. The molecule has 0 amide bonds. The van der Waals surface area contributed by atoms with E-state index in [0.29, 0.717) is 0 Å². The highest BCUT2D eigenvalue weighted by Crippen LogP contribution is 1.99. The zero-order chi connectivity index (χ0) is 7.94. The van der Waals surface area contributed by atoms with Crippen molar-refractivity contribution in [2.45, 2.75) is 26.2 Å². The number of aromatic nitrogens is 1. The SMILES string of the molecule is CC/C=C/CCc1ncco1. The standard InChI is InChI=1S/C9H13NO/c1-2-3-4-5-6-9-10-7-8-11-9/h3-4,7-8H,2,5-6H2,1H3/b4-3+. The normalized spacial score (nSPS) is 11.0. The monoisotopic (exact) mass is 151 g/mol. The van der Waals surface area contributed by atoms with Crippen molar-refractivity contribution in [3.63, 3.8) is 0 Å². The van der Waals surface area contributed by atoms with Crippen LogP contribution in [0.3, 0.4) is 0 Å². The van der Waals surface area contributed by atoms with Crippen molar-refractivity contribution in [3.8, 4) is 0 Å². The lowest BCUT2D eigenvalue weighted by molar-refractivity contribution is 0.495. The van der Waals surface area contributed by atoms with Crippen LogP contribution >= 0.6 is 0 Å². The third kappa shape index (κ3) is 3.03. The van der Waals surface area contributed by atoms with E-state index >= 15 is 0 Å². The molecule has 0 aliphatic rings. The van der Waals surface area contributed by atoms with Crippen molar-refractivity contribution in [1.29, 1.82) is 0 Å². The van der Waals surface area contributed by atoms with Crippen molar-refractivity contribution >= 4 is 0 Å². The molecule has 2 heteroatoms. The molecule has 0 bridgehead atoms. The molecular formula is C9H13NO. The van der Waals surface area contributed by atoms with E-state index in [-0.39, 0.29) is 0 Å². The Morgan fingerprint density at radius 3 is 3.09 bits per heavy atom. The molecule has 0 unspecified atom stereocenters. The van der Waals surface area contributed by atoms with E-state index in [2.05, 4.69) is 24.1 Å². The number of hydrogen-bond donors (Lipinski definition) is 0. The van der Waals surface area contributed by atoms with Crippen LogP contribution in [0.15, 0.2) is 29.0 Å². The molecule has 2 nitrogen and oxygen atoms in total. The molecule has 1 aromatic rings. The zero-order valence-electron chi connectivity index (χ0n) is 6.79. The molecule has 1 heterocycles. The van der Waals surface area contributed by atoms with Crippen molar-refractivity contribution < 1.29 is 4.42 Å². The van der Waals surface area contributed by atoms with Crippen LogP contribution in [-0.4, -0.2) is 4.98 Å². The summed E-state index contributed by atoms with van der Waals surface area (Å²) in [6, 6.07) is 0. The molecule has 0 aliphatic carbocycles. The summed E-state index contributed by atoms with van der Waals surface area (Å²) in [5.41, 5.74) is 0. The fourth-order valence-electron chi connectivity index (χ4n) is 0.868. The summed E-state index contributed by atoms with van der Waals surface area (Å²) in [4.78, 5) is 4.01. The van der Waals surface area contributed by atoms with Crippen molar-refractivity contribution in [2.75, 3.05) is 0 Å². The first kappa shape index (κ1) is 8.05. The highest BCUT2D eigenvalue weighted by atomic mass is 16.3. The van der Waals surface area contributed by atoms with Gasteiger partial charge in [-0.2, -0.15) is 0 Å². The number of rotatable bonds is 4. The summed E-state index contributed by atoms with van der Waals surface area (Å²) in [7, 11) is 0. The third-order valence-electron chi connectivity index (χ3n) is 1.41. The van der Waals surface area contributed by atoms with Crippen LogP contribution in [0.5, 0.6) is 0 Å². The Morgan fingerprint density at radius 1 is 1.55 bits per heavy atom. The Morgan fingerprint density at radius 2 is 2.45 bits per heavy atom. The van der Waals surface area contributed by atoms with Crippen LogP contribution in [0.25, 0.3) is 0 Å². The Kier molecular flexibility index (Phi) is 3.45. The largest absolute Gasteiger partial charge is 0.449 e. The molecule has 0 aromatic carbocycles. The highest BCUT2D eigenvalue weighted by Gasteiger charge is 1.92. The van der Waals surface area contributed by atoms with Gasteiger partial charge >= 0.3 is 0 Å². The van der Waals surface area contributed by atoms with Gasteiger partial charge in [0.15, 0.2) is 5.89 Å². The minimum atomic E-state index is 0.825. The van der Waals surface area contributed by atoms with Crippen molar-refractivity contribution in [1.82, 2.24) is 4.98 Å². The van der Waals surface area contributed by atoms with Crippen molar-refractivity contribution in [3.05, 3.63) is 30.5 Å². The molecular weight excluding hydrogens is 138 g/mol. The molecule has 0 saturated heterocycles. The van der Waals surface area contributed by atoms with E-state index < -0.39 is 0 Å². The van der Waals surface area contributed by atoms with Gasteiger partial charge in [-0.3, -0.25) is 0 Å². The van der Waals surface area contributed by atoms with E-state index in [4.69, 9.17) is 4.42 Å². The van der Waals surface area contributed by atoms with Crippen LogP contribution in [0.4, 0.5) is 0 Å². The second kappa shape index (κ2) is 4.72. The van der Waals surface area contributed by atoms with E-state index in [1.807, 2.05) is 0 Å². The number of nitrogens with zero attached hydrogens (tertiary/aromatic N) is 1. The van der Waals surface area contributed by atoms with Gasteiger partial charge in [0.2, 0.25) is 0 Å². The molecule has 0 atom stereocenters. The molecule has 0 fully saturated rings. The molecule has 0 radical (unpaired) electrons. The maximum Gasteiger partial charge on any atom is 0.194 e. The van der Waals surface area contributed by atoms with E-state index in [0.717, 1.165) is 25.2 Å². The first-order valence-corrected chi connectivity index (χ1v) is 3.97. The van der Waals surface area contributed by atoms with E-state index in [9.17, 15) is 0 Å². The molecule has 1 rings (SSSR count). The summed E-state index contributed by atoms with van der Waals surface area (Å²) in [5, 5.41) is 0. The quantitative estimate of drug-likeness (QED) is 0.618. The average molecular weight is 151 g/mol. The highest BCUT2D eigenvalue weighted by molar-refractivity contribution is 4.86. The number of hydrogen-bond acceptors (Lipinski definition) is 2. The molecule has 60 valence electrons. The minimum Gasteiger partial charge on any atom is -0.449 e. The van der Waals surface area contributed by atoms with Gasteiger partial charge in [-0.25, -0.2) is 4.98 Å². The van der Waals surface area contributed by atoms with Crippen LogP contribution in [0.2, 0.25) is 0 Å². The third-order valence-corrected chi connectivity index (χ3v) is 1.41. The number of aryl methyl sites for hydroxylation is 1. The van der Waals surface area contributed by atoms with Gasteiger partial charge in [0.25, 0.3) is 0 Å². The fraction of sp³-hybridized carbons (Fsp3) is 0.444. The number of oxazole rings is 1. The van der Waals surface area contributed by atoms with Crippen LogP contribution in [0.1, 0.15) is 25.7 Å². The fourth-order valence-corrected chi connectivity index (χ4v) is 0.868.